The highest BCUT2D eigenvalue weighted by molar-refractivity contribution is 6.34. The first kappa shape index (κ1) is 20.8. The van der Waals surface area contributed by atoms with E-state index in [9.17, 15) is 14.9 Å². The van der Waals surface area contributed by atoms with Crippen LogP contribution in [-0.2, 0) is 6.54 Å². The van der Waals surface area contributed by atoms with Crippen LogP contribution in [-0.4, -0.2) is 20.1 Å². The normalized spacial score (nSPS) is 10.8. The summed E-state index contributed by atoms with van der Waals surface area (Å²) in [5, 5.41) is 14.4. The molecule has 0 aliphatic rings. The molecule has 0 fully saturated rings. The Bertz CT molecular complexity index is 1230. The van der Waals surface area contributed by atoms with Gasteiger partial charge < -0.3 is 4.57 Å². The molecule has 0 spiro atoms. The van der Waals surface area contributed by atoms with Gasteiger partial charge in [-0.1, -0.05) is 23.2 Å². The third-order valence-corrected chi connectivity index (χ3v) is 5.32. The summed E-state index contributed by atoms with van der Waals surface area (Å²) < 4.78 is 2.92. The van der Waals surface area contributed by atoms with Gasteiger partial charge in [0, 0.05) is 32.7 Å². The van der Waals surface area contributed by atoms with Crippen molar-refractivity contribution >= 4 is 29.0 Å². The standard InChI is InChI=1S/C21H18Cl2N4O2/c1-11-5-18(14(4)27(11)17-7-15(22)6-16(23)8-17)20(28)10-26-21(29)19(9-24)12(2)13(3)25-26/h5-8H,10H2,1-4H3. The van der Waals surface area contributed by atoms with Gasteiger partial charge >= 0.3 is 0 Å². The topological polar surface area (TPSA) is 80.7 Å². The summed E-state index contributed by atoms with van der Waals surface area (Å²) in [6.45, 7) is 6.79. The van der Waals surface area contributed by atoms with E-state index in [4.69, 9.17) is 23.2 Å². The molecule has 0 atom stereocenters. The molecule has 2 heterocycles. The molecule has 0 unspecified atom stereocenters. The largest absolute Gasteiger partial charge is 0.318 e. The van der Waals surface area contributed by atoms with E-state index < -0.39 is 5.56 Å². The number of carbonyl (C=O) groups is 1. The lowest BCUT2D eigenvalue weighted by Crippen LogP contribution is -2.30. The summed E-state index contributed by atoms with van der Waals surface area (Å²) in [6, 6.07) is 8.81. The molecule has 0 radical (unpaired) electrons. The number of nitriles is 1. The van der Waals surface area contributed by atoms with Crippen LogP contribution in [0.15, 0.2) is 29.1 Å². The second-order valence-electron chi connectivity index (χ2n) is 6.83. The lowest BCUT2D eigenvalue weighted by atomic mass is 10.1. The zero-order valence-corrected chi connectivity index (χ0v) is 17.9. The van der Waals surface area contributed by atoms with Crippen LogP contribution < -0.4 is 5.56 Å². The zero-order chi connectivity index (χ0) is 21.5. The van der Waals surface area contributed by atoms with Gasteiger partial charge in [0.2, 0.25) is 0 Å². The zero-order valence-electron chi connectivity index (χ0n) is 16.4. The third-order valence-electron chi connectivity index (χ3n) is 4.88. The minimum absolute atomic E-state index is 0.00402. The Balaban J connectivity index is 2.04. The molecule has 3 rings (SSSR count). The fourth-order valence-electron chi connectivity index (χ4n) is 3.34. The fraction of sp³-hybridized carbons (Fsp3) is 0.238. The minimum Gasteiger partial charge on any atom is -0.318 e. The fourth-order valence-corrected chi connectivity index (χ4v) is 3.86. The Morgan fingerprint density at radius 3 is 2.31 bits per heavy atom. The molecule has 0 saturated carbocycles. The molecular weight excluding hydrogens is 411 g/mol. The maximum absolute atomic E-state index is 13.0. The van der Waals surface area contributed by atoms with Crippen molar-refractivity contribution in [1.82, 2.24) is 14.3 Å². The van der Waals surface area contributed by atoms with E-state index in [2.05, 4.69) is 5.10 Å². The molecule has 3 aromatic rings. The second kappa shape index (κ2) is 7.86. The smallest absolute Gasteiger partial charge is 0.285 e. The van der Waals surface area contributed by atoms with Crippen molar-refractivity contribution in [3.8, 4) is 11.8 Å². The van der Waals surface area contributed by atoms with E-state index in [0.717, 1.165) is 16.1 Å². The van der Waals surface area contributed by atoms with Crippen LogP contribution in [0.5, 0.6) is 0 Å². The number of aryl methyl sites for hydroxylation is 2. The molecule has 0 amide bonds. The molecule has 29 heavy (non-hydrogen) atoms. The number of hydrogen-bond donors (Lipinski definition) is 0. The third kappa shape index (κ3) is 3.84. The average molecular weight is 429 g/mol. The number of halogens is 2. The Labute approximate surface area is 177 Å². The lowest BCUT2D eigenvalue weighted by Gasteiger charge is -2.11. The van der Waals surface area contributed by atoms with Gasteiger partial charge in [-0.15, -0.1) is 0 Å². The first-order valence-electron chi connectivity index (χ1n) is 8.81. The number of ketones is 1. The molecule has 0 bridgehead atoms. The molecule has 0 saturated heterocycles. The molecule has 1 aromatic carbocycles. The van der Waals surface area contributed by atoms with E-state index >= 15 is 0 Å². The number of benzene rings is 1. The maximum Gasteiger partial charge on any atom is 0.285 e. The highest BCUT2D eigenvalue weighted by Gasteiger charge is 2.20. The van der Waals surface area contributed by atoms with Gasteiger partial charge in [-0.25, -0.2) is 4.68 Å². The van der Waals surface area contributed by atoms with Gasteiger partial charge in [0.15, 0.2) is 5.78 Å². The van der Waals surface area contributed by atoms with E-state index in [-0.39, 0.29) is 17.9 Å². The van der Waals surface area contributed by atoms with Crippen molar-refractivity contribution in [1.29, 1.82) is 5.26 Å². The van der Waals surface area contributed by atoms with Crippen molar-refractivity contribution in [2.45, 2.75) is 34.2 Å². The van der Waals surface area contributed by atoms with Crippen LogP contribution in [0.3, 0.4) is 0 Å². The van der Waals surface area contributed by atoms with Crippen molar-refractivity contribution in [3.05, 3.63) is 78.4 Å². The highest BCUT2D eigenvalue weighted by atomic mass is 35.5. The van der Waals surface area contributed by atoms with Crippen molar-refractivity contribution in [2.75, 3.05) is 0 Å². The quantitative estimate of drug-likeness (QED) is 0.579. The Morgan fingerprint density at radius 2 is 1.72 bits per heavy atom. The lowest BCUT2D eigenvalue weighted by molar-refractivity contribution is 0.0965. The van der Waals surface area contributed by atoms with E-state index in [1.54, 1.807) is 38.1 Å². The van der Waals surface area contributed by atoms with Gasteiger partial charge in [-0.2, -0.15) is 10.4 Å². The highest BCUT2D eigenvalue weighted by Crippen LogP contribution is 2.26. The number of rotatable bonds is 4. The minimum atomic E-state index is -0.570. The van der Waals surface area contributed by atoms with Crippen molar-refractivity contribution in [3.63, 3.8) is 0 Å². The van der Waals surface area contributed by atoms with Crippen LogP contribution in [0.2, 0.25) is 10.0 Å². The first-order valence-corrected chi connectivity index (χ1v) is 9.56. The van der Waals surface area contributed by atoms with Crippen LogP contribution in [0.1, 0.15) is 38.6 Å². The monoisotopic (exact) mass is 428 g/mol. The summed E-state index contributed by atoms with van der Waals surface area (Å²) >= 11 is 12.2. The molecule has 8 heteroatoms. The summed E-state index contributed by atoms with van der Waals surface area (Å²) in [6.07, 6.45) is 0. The first-order chi connectivity index (χ1) is 13.6. The molecule has 0 aliphatic heterocycles. The molecule has 148 valence electrons. The van der Waals surface area contributed by atoms with E-state index in [1.165, 1.54) is 0 Å². The van der Waals surface area contributed by atoms with Crippen LogP contribution in [0.4, 0.5) is 0 Å². The summed E-state index contributed by atoms with van der Waals surface area (Å²) in [5.74, 6) is -0.279. The molecule has 6 nitrogen and oxygen atoms in total. The van der Waals surface area contributed by atoms with Crippen LogP contribution in [0.25, 0.3) is 5.69 Å². The number of Topliss-reactive ketones (excluding diaryl/α,β-unsaturated/α-hetero) is 1. The SMILES string of the molecule is Cc1nn(CC(=O)c2cc(C)n(-c3cc(Cl)cc(Cl)c3)c2C)c(=O)c(C#N)c1C. The van der Waals surface area contributed by atoms with Gasteiger partial charge in [-0.3, -0.25) is 9.59 Å². The number of nitrogens with zero attached hydrogens (tertiary/aromatic N) is 4. The predicted molar refractivity (Wildman–Crippen MR) is 112 cm³/mol. The van der Waals surface area contributed by atoms with E-state index in [1.807, 2.05) is 24.5 Å². The van der Waals surface area contributed by atoms with Gasteiger partial charge in [0.05, 0.1) is 5.69 Å². The summed E-state index contributed by atoms with van der Waals surface area (Å²) in [4.78, 5) is 25.5. The van der Waals surface area contributed by atoms with E-state index in [0.29, 0.717) is 32.6 Å². The Hall–Kier alpha value is -2.88. The molecule has 0 N–H and O–H groups in total. The van der Waals surface area contributed by atoms with Gasteiger partial charge in [0.1, 0.15) is 18.2 Å². The molecule has 2 aromatic heterocycles. The van der Waals surface area contributed by atoms with Gasteiger partial charge in [0.25, 0.3) is 5.56 Å². The Kier molecular flexibility index (Phi) is 5.65. The van der Waals surface area contributed by atoms with Crippen LogP contribution >= 0.6 is 23.2 Å². The Morgan fingerprint density at radius 1 is 1.10 bits per heavy atom. The maximum atomic E-state index is 13.0. The second-order valence-corrected chi connectivity index (χ2v) is 7.70. The summed E-state index contributed by atoms with van der Waals surface area (Å²) in [7, 11) is 0. The van der Waals surface area contributed by atoms with Crippen molar-refractivity contribution in [2.24, 2.45) is 0 Å². The van der Waals surface area contributed by atoms with Gasteiger partial charge in [-0.05, 0) is 57.5 Å². The number of carbonyl (C=O) groups excluding carboxylic acids is 1. The van der Waals surface area contributed by atoms with Crippen molar-refractivity contribution < 1.29 is 4.79 Å². The molecular formula is C21H18Cl2N4O2. The number of hydrogen-bond acceptors (Lipinski definition) is 4. The summed E-state index contributed by atoms with van der Waals surface area (Å²) in [5.41, 5.74) is 3.22. The van der Waals surface area contributed by atoms with Crippen LogP contribution in [0, 0.1) is 39.0 Å². The molecule has 0 aliphatic carbocycles. The predicted octanol–water partition coefficient (Wildman–Crippen LogP) is 4.33. The number of aromatic nitrogens is 3. The average Bonchev–Trinajstić information content (AvgIpc) is 2.93.